The van der Waals surface area contributed by atoms with Gasteiger partial charge in [0.15, 0.2) is 0 Å². The van der Waals surface area contributed by atoms with E-state index in [1.54, 1.807) is 4.90 Å². The molecular weight excluding hydrogens is 566 g/mol. The number of hydrogen-bond acceptors (Lipinski definition) is 6. The summed E-state index contributed by atoms with van der Waals surface area (Å²) in [4.78, 5) is 32.7. The Morgan fingerprint density at radius 3 is 2.64 bits per heavy atom. The molecule has 248 valence electrons. The van der Waals surface area contributed by atoms with Gasteiger partial charge in [0.25, 0.3) is 0 Å². The Balaban J connectivity index is 1.36. The van der Waals surface area contributed by atoms with Gasteiger partial charge in [-0.3, -0.25) is 15.0 Å². The number of alkyl halides is 2. The summed E-state index contributed by atoms with van der Waals surface area (Å²) in [5.41, 5.74) is 0. The number of fused-ring (bicyclic) bond motifs is 6. The molecule has 0 aromatic rings. The Bertz CT molecular complexity index is 1050. The highest BCUT2D eigenvalue weighted by Gasteiger charge is 2.57. The molecule has 6 aliphatic rings. The zero-order valence-electron chi connectivity index (χ0n) is 26.8. The number of amides is 3. The average molecular weight is 621 g/mol. The number of hydrogen-bond donors (Lipinski definition) is 3. The van der Waals surface area contributed by atoms with Crippen molar-refractivity contribution in [2.45, 2.75) is 127 Å². The summed E-state index contributed by atoms with van der Waals surface area (Å²) in [7, 11) is 0. The first-order valence-corrected chi connectivity index (χ1v) is 17.3. The van der Waals surface area contributed by atoms with Crippen LogP contribution in [0.3, 0.4) is 0 Å². The van der Waals surface area contributed by atoms with E-state index in [0.717, 1.165) is 45.1 Å². The second kappa shape index (κ2) is 13.5. The quantitative estimate of drug-likeness (QED) is 0.420. The molecule has 5 saturated heterocycles. The Morgan fingerprint density at radius 1 is 1.07 bits per heavy atom. The number of rotatable bonds is 3. The number of nitrogens with one attached hydrogen (secondary N) is 3. The lowest BCUT2D eigenvalue weighted by molar-refractivity contribution is -0.133. The molecule has 0 aromatic heterocycles. The van der Waals surface area contributed by atoms with Crippen LogP contribution in [-0.4, -0.2) is 114 Å². The van der Waals surface area contributed by atoms with E-state index >= 15 is 8.78 Å². The maximum atomic E-state index is 16.6. The van der Waals surface area contributed by atoms with Gasteiger partial charge in [-0.05, 0) is 76.3 Å². The van der Waals surface area contributed by atoms with Gasteiger partial charge in [-0.2, -0.15) is 0 Å². The molecule has 0 aromatic carbocycles. The summed E-state index contributed by atoms with van der Waals surface area (Å²) in [5, 5.41) is 10.8. The predicted molar refractivity (Wildman–Crippen MR) is 165 cm³/mol. The SMILES string of the molecule is C=CC(=O)N1CCN(C2NC(=O)N3C4CC(CCCCOC5CCCC(F)C5C5NC3C2CC5F)CNC4C(C)C)[C@@H](C)C1. The topological polar surface area (TPSA) is 89.2 Å². The van der Waals surface area contributed by atoms with Crippen molar-refractivity contribution in [2.24, 2.45) is 23.7 Å². The third kappa shape index (κ3) is 6.15. The second-order valence-corrected chi connectivity index (χ2v) is 14.7. The first kappa shape index (κ1) is 32.1. The number of carbonyl (C=O) groups is 2. The second-order valence-electron chi connectivity index (χ2n) is 14.7. The summed E-state index contributed by atoms with van der Waals surface area (Å²) >= 11 is 0. The maximum absolute atomic E-state index is 16.6. The minimum Gasteiger partial charge on any atom is -0.378 e. The number of urea groups is 1. The van der Waals surface area contributed by atoms with Crippen LogP contribution in [0.2, 0.25) is 0 Å². The van der Waals surface area contributed by atoms with Crippen molar-refractivity contribution in [2.75, 3.05) is 32.8 Å². The fourth-order valence-electron chi connectivity index (χ4n) is 9.48. The number of piperidine rings is 2. The first-order valence-electron chi connectivity index (χ1n) is 17.3. The molecule has 4 bridgehead atoms. The van der Waals surface area contributed by atoms with Gasteiger partial charge in [0.1, 0.15) is 12.3 Å². The van der Waals surface area contributed by atoms with Crippen molar-refractivity contribution in [3.8, 4) is 0 Å². The molecule has 9 nitrogen and oxygen atoms in total. The van der Waals surface area contributed by atoms with Crippen LogP contribution in [-0.2, 0) is 9.53 Å². The molecule has 44 heavy (non-hydrogen) atoms. The molecule has 3 amide bonds. The van der Waals surface area contributed by atoms with Crippen LogP contribution >= 0.6 is 0 Å². The van der Waals surface area contributed by atoms with Gasteiger partial charge in [-0.15, -0.1) is 0 Å². The van der Waals surface area contributed by atoms with E-state index < -0.39 is 36.6 Å². The lowest BCUT2D eigenvalue weighted by Gasteiger charge is -2.59. The normalized spacial score (nSPS) is 43.9. The van der Waals surface area contributed by atoms with Gasteiger partial charge in [0.2, 0.25) is 5.91 Å². The van der Waals surface area contributed by atoms with E-state index in [0.29, 0.717) is 44.5 Å². The monoisotopic (exact) mass is 620 g/mol. The fourth-order valence-corrected chi connectivity index (χ4v) is 9.48. The van der Waals surface area contributed by atoms with Crippen LogP contribution in [0.1, 0.15) is 72.1 Å². The highest BCUT2D eigenvalue weighted by Crippen LogP contribution is 2.42. The van der Waals surface area contributed by atoms with Crippen LogP contribution < -0.4 is 16.0 Å². The van der Waals surface area contributed by atoms with Gasteiger partial charge in [0.05, 0.1) is 24.5 Å². The minimum atomic E-state index is -1.27. The van der Waals surface area contributed by atoms with E-state index in [1.165, 1.54) is 6.08 Å². The van der Waals surface area contributed by atoms with Crippen LogP contribution in [0, 0.1) is 23.7 Å². The van der Waals surface area contributed by atoms with E-state index in [9.17, 15) is 9.59 Å². The highest BCUT2D eigenvalue weighted by molar-refractivity contribution is 5.87. The van der Waals surface area contributed by atoms with Crippen LogP contribution in [0.15, 0.2) is 12.7 Å². The third-order valence-corrected chi connectivity index (χ3v) is 11.7. The van der Waals surface area contributed by atoms with Crippen molar-refractivity contribution >= 4 is 11.9 Å². The van der Waals surface area contributed by atoms with E-state index in [2.05, 4.69) is 48.2 Å². The average Bonchev–Trinajstić information content (AvgIpc) is 3.00. The predicted octanol–water partition coefficient (Wildman–Crippen LogP) is 3.41. The van der Waals surface area contributed by atoms with Crippen molar-refractivity contribution in [1.29, 1.82) is 0 Å². The van der Waals surface area contributed by atoms with Crippen molar-refractivity contribution < 1.29 is 23.1 Å². The summed E-state index contributed by atoms with van der Waals surface area (Å²) < 4.78 is 38.7. The molecule has 11 unspecified atom stereocenters. The largest absolute Gasteiger partial charge is 0.378 e. The first-order chi connectivity index (χ1) is 21.2. The Labute approximate surface area is 261 Å². The Kier molecular flexibility index (Phi) is 9.86. The number of carbonyl (C=O) groups excluding carboxylic acids is 2. The minimum absolute atomic E-state index is 0.0331. The number of piperazine rings is 1. The molecule has 1 saturated carbocycles. The highest BCUT2D eigenvalue weighted by atomic mass is 19.1. The molecule has 0 radical (unpaired) electrons. The van der Waals surface area contributed by atoms with Gasteiger partial charge in [-0.25, -0.2) is 13.6 Å². The molecule has 5 aliphatic heterocycles. The molecule has 11 heteroatoms. The summed E-state index contributed by atoms with van der Waals surface area (Å²) in [6.45, 7) is 13.2. The standard InChI is InChI=1S/C33H54F2N6O3/c1-5-27(42)39-12-13-40(20(4)18-39)31-22-16-24(35)30-28-23(34)10-8-11-26(28)44-14-7-6-9-21-15-25(29(19(2)3)36-17-21)41(32(22)37-30)33(43)38-31/h5,19-26,28-32,36-37H,1,6-18H2,2-4H3,(H,38,43)/t20-,21?,22?,23?,24?,25?,26?,28?,29?,30?,31?,32?/m0/s1. The van der Waals surface area contributed by atoms with Gasteiger partial charge in [0, 0.05) is 56.2 Å². The smallest absolute Gasteiger partial charge is 0.320 e. The number of ether oxygens (including phenoxy) is 1. The summed E-state index contributed by atoms with van der Waals surface area (Å²) in [5.74, 6) is -0.192. The van der Waals surface area contributed by atoms with Gasteiger partial charge < -0.3 is 25.2 Å². The molecule has 5 heterocycles. The van der Waals surface area contributed by atoms with Crippen molar-refractivity contribution in [3.63, 3.8) is 0 Å². The molecule has 0 spiro atoms. The van der Waals surface area contributed by atoms with Crippen LogP contribution in [0.4, 0.5) is 13.6 Å². The Hall–Kier alpha value is -1.82. The molecule has 12 atom stereocenters. The van der Waals surface area contributed by atoms with E-state index in [-0.39, 0.29) is 48.5 Å². The molecule has 6 fully saturated rings. The zero-order chi connectivity index (χ0) is 31.1. The third-order valence-electron chi connectivity index (χ3n) is 11.7. The molecule has 6 rings (SSSR count). The van der Waals surface area contributed by atoms with Crippen LogP contribution in [0.5, 0.6) is 0 Å². The number of nitrogens with zero attached hydrogens (tertiary/aromatic N) is 3. The van der Waals surface area contributed by atoms with Crippen molar-refractivity contribution in [3.05, 3.63) is 12.7 Å². The fraction of sp³-hybridized carbons (Fsp3) is 0.879. The van der Waals surface area contributed by atoms with E-state index in [1.807, 2.05) is 4.90 Å². The number of halogens is 2. The Morgan fingerprint density at radius 2 is 1.89 bits per heavy atom. The van der Waals surface area contributed by atoms with Crippen molar-refractivity contribution in [1.82, 2.24) is 30.7 Å². The molecule has 3 N–H and O–H groups in total. The lowest BCUT2D eigenvalue weighted by atomic mass is 9.73. The van der Waals surface area contributed by atoms with E-state index in [4.69, 9.17) is 4.74 Å². The summed E-state index contributed by atoms with van der Waals surface area (Å²) in [6.07, 6.45) is 3.79. The zero-order valence-corrected chi connectivity index (χ0v) is 26.8. The van der Waals surface area contributed by atoms with Gasteiger partial charge in [-0.1, -0.05) is 26.8 Å². The van der Waals surface area contributed by atoms with Crippen LogP contribution in [0.25, 0.3) is 0 Å². The maximum Gasteiger partial charge on any atom is 0.320 e. The van der Waals surface area contributed by atoms with Gasteiger partial charge >= 0.3 is 6.03 Å². The molecular formula is C33H54F2N6O3. The molecule has 1 aliphatic carbocycles. The lowest BCUT2D eigenvalue weighted by Crippen LogP contribution is -2.79. The summed E-state index contributed by atoms with van der Waals surface area (Å²) in [6, 6.07) is -0.853.